The van der Waals surface area contributed by atoms with Gasteiger partial charge in [0.1, 0.15) is 0 Å². The van der Waals surface area contributed by atoms with E-state index in [4.69, 9.17) is 0 Å². The smallest absolute Gasteiger partial charge is 0.193 e. The SMILES string of the molecule is Cc1ccc(C(=O)c2ccc(C)cc2CCBr)c(CCBr)c1. The van der Waals surface area contributed by atoms with E-state index in [1.807, 2.05) is 24.3 Å². The predicted octanol–water partition coefficient (Wildman–Crippen LogP) is 5.41. The Morgan fingerprint density at radius 3 is 1.59 bits per heavy atom. The van der Waals surface area contributed by atoms with Gasteiger partial charge in [-0.3, -0.25) is 4.79 Å². The molecule has 0 bridgehead atoms. The van der Waals surface area contributed by atoms with E-state index in [9.17, 15) is 4.79 Å². The van der Waals surface area contributed by atoms with Gasteiger partial charge in [-0.2, -0.15) is 0 Å². The molecule has 0 heterocycles. The summed E-state index contributed by atoms with van der Waals surface area (Å²) in [5, 5.41) is 1.72. The Kier molecular flexibility index (Phi) is 6.39. The van der Waals surface area contributed by atoms with Crippen LogP contribution in [-0.4, -0.2) is 16.4 Å². The molecule has 0 saturated carbocycles. The summed E-state index contributed by atoms with van der Waals surface area (Å²) in [7, 11) is 0. The maximum atomic E-state index is 13.0. The summed E-state index contributed by atoms with van der Waals surface area (Å²) in [5.41, 5.74) is 6.27. The highest BCUT2D eigenvalue weighted by Gasteiger charge is 2.16. The largest absolute Gasteiger partial charge is 0.289 e. The highest BCUT2D eigenvalue weighted by atomic mass is 79.9. The maximum absolute atomic E-state index is 13.0. The van der Waals surface area contributed by atoms with Gasteiger partial charge in [0.25, 0.3) is 0 Å². The fourth-order valence-electron chi connectivity index (χ4n) is 2.65. The first-order chi connectivity index (χ1) is 10.6. The van der Waals surface area contributed by atoms with E-state index >= 15 is 0 Å². The minimum atomic E-state index is 0.131. The number of aryl methyl sites for hydroxylation is 4. The molecule has 0 saturated heterocycles. The quantitative estimate of drug-likeness (QED) is 0.448. The molecule has 0 radical (unpaired) electrons. The van der Waals surface area contributed by atoms with Gasteiger partial charge in [-0.15, -0.1) is 0 Å². The number of carbonyl (C=O) groups is 1. The van der Waals surface area contributed by atoms with Crippen LogP contribution in [0, 0.1) is 13.8 Å². The Bertz CT molecular complexity index is 620. The molecule has 2 rings (SSSR count). The molecule has 2 aromatic rings. The summed E-state index contributed by atoms with van der Waals surface area (Å²) in [6, 6.07) is 12.2. The zero-order chi connectivity index (χ0) is 16.1. The van der Waals surface area contributed by atoms with Crippen LogP contribution in [0.4, 0.5) is 0 Å². The summed E-state index contributed by atoms with van der Waals surface area (Å²) in [6.07, 6.45) is 1.73. The number of hydrogen-bond acceptors (Lipinski definition) is 1. The third-order valence-electron chi connectivity index (χ3n) is 3.74. The average Bonchev–Trinajstić information content (AvgIpc) is 2.48. The van der Waals surface area contributed by atoms with Crippen molar-refractivity contribution in [3.8, 4) is 0 Å². The number of ketones is 1. The molecule has 0 aliphatic carbocycles. The first-order valence-electron chi connectivity index (χ1n) is 7.42. The van der Waals surface area contributed by atoms with Gasteiger partial charge in [0.2, 0.25) is 0 Å². The van der Waals surface area contributed by atoms with Crippen LogP contribution < -0.4 is 0 Å². The first kappa shape index (κ1) is 17.4. The fraction of sp³-hybridized carbons (Fsp3) is 0.316. The second kappa shape index (κ2) is 8.07. The Balaban J connectivity index is 2.48. The van der Waals surface area contributed by atoms with Crippen LogP contribution in [0.3, 0.4) is 0 Å². The summed E-state index contributed by atoms with van der Waals surface area (Å²) in [5.74, 6) is 0.131. The summed E-state index contributed by atoms with van der Waals surface area (Å²) >= 11 is 6.96. The van der Waals surface area contributed by atoms with E-state index in [0.717, 1.165) is 45.8 Å². The summed E-state index contributed by atoms with van der Waals surface area (Å²) in [6.45, 7) is 4.13. The van der Waals surface area contributed by atoms with Gasteiger partial charge >= 0.3 is 0 Å². The van der Waals surface area contributed by atoms with Gasteiger partial charge in [-0.1, -0.05) is 79.4 Å². The van der Waals surface area contributed by atoms with Crippen molar-refractivity contribution in [1.29, 1.82) is 0 Å². The number of carbonyl (C=O) groups excluding carboxylic acids is 1. The number of halogens is 2. The Hall–Kier alpha value is -0.930. The lowest BCUT2D eigenvalue weighted by molar-refractivity contribution is 0.103. The van der Waals surface area contributed by atoms with Crippen molar-refractivity contribution in [3.63, 3.8) is 0 Å². The van der Waals surface area contributed by atoms with Gasteiger partial charge in [-0.25, -0.2) is 0 Å². The molecule has 0 unspecified atom stereocenters. The molecule has 0 N–H and O–H groups in total. The third kappa shape index (κ3) is 4.08. The molecule has 0 spiro atoms. The maximum Gasteiger partial charge on any atom is 0.193 e. The van der Waals surface area contributed by atoms with Crippen molar-refractivity contribution in [2.24, 2.45) is 0 Å². The molecule has 0 atom stereocenters. The van der Waals surface area contributed by atoms with Gasteiger partial charge in [-0.05, 0) is 37.8 Å². The molecule has 0 fully saturated rings. The molecule has 0 aliphatic rings. The fourth-order valence-corrected chi connectivity index (χ4v) is 3.50. The van der Waals surface area contributed by atoms with Gasteiger partial charge in [0.15, 0.2) is 5.78 Å². The van der Waals surface area contributed by atoms with Crippen LogP contribution in [0.15, 0.2) is 36.4 Å². The highest BCUT2D eigenvalue weighted by Crippen LogP contribution is 2.22. The average molecular weight is 424 g/mol. The molecule has 0 aliphatic heterocycles. The van der Waals surface area contributed by atoms with E-state index in [1.54, 1.807) is 0 Å². The summed E-state index contributed by atoms with van der Waals surface area (Å²) < 4.78 is 0. The number of alkyl halides is 2. The molecule has 116 valence electrons. The van der Waals surface area contributed by atoms with Crippen LogP contribution in [0.25, 0.3) is 0 Å². The van der Waals surface area contributed by atoms with Crippen LogP contribution in [-0.2, 0) is 12.8 Å². The highest BCUT2D eigenvalue weighted by molar-refractivity contribution is 9.09. The second-order valence-electron chi connectivity index (χ2n) is 5.53. The number of benzene rings is 2. The van der Waals surface area contributed by atoms with Gasteiger partial charge in [0, 0.05) is 21.8 Å². The first-order valence-corrected chi connectivity index (χ1v) is 9.66. The van der Waals surface area contributed by atoms with E-state index in [-0.39, 0.29) is 5.78 Å². The van der Waals surface area contributed by atoms with E-state index in [1.165, 1.54) is 11.1 Å². The minimum Gasteiger partial charge on any atom is -0.289 e. The standard InChI is InChI=1S/C19H20Br2O/c1-13-3-5-17(15(11-13)7-9-20)19(22)18-6-4-14(2)12-16(18)8-10-21/h3-6,11-12H,7-10H2,1-2H3. The van der Waals surface area contributed by atoms with Crippen molar-refractivity contribution in [2.45, 2.75) is 26.7 Å². The lowest BCUT2D eigenvalue weighted by atomic mass is 9.91. The van der Waals surface area contributed by atoms with Crippen molar-refractivity contribution < 1.29 is 4.79 Å². The van der Waals surface area contributed by atoms with Gasteiger partial charge < -0.3 is 0 Å². The molecule has 3 heteroatoms. The molecular formula is C19H20Br2O. The Morgan fingerprint density at radius 2 is 1.23 bits per heavy atom. The molecule has 0 amide bonds. The van der Waals surface area contributed by atoms with E-state index < -0.39 is 0 Å². The molecular weight excluding hydrogens is 404 g/mol. The van der Waals surface area contributed by atoms with Crippen LogP contribution >= 0.6 is 31.9 Å². The lowest BCUT2D eigenvalue weighted by Gasteiger charge is -2.12. The monoisotopic (exact) mass is 422 g/mol. The second-order valence-corrected chi connectivity index (χ2v) is 7.11. The van der Waals surface area contributed by atoms with Gasteiger partial charge in [0.05, 0.1) is 0 Å². The molecule has 2 aromatic carbocycles. The van der Waals surface area contributed by atoms with Crippen molar-refractivity contribution in [1.82, 2.24) is 0 Å². The normalized spacial score (nSPS) is 10.7. The van der Waals surface area contributed by atoms with Crippen LogP contribution in [0.5, 0.6) is 0 Å². The Labute approximate surface area is 149 Å². The molecule has 0 aromatic heterocycles. The lowest BCUT2D eigenvalue weighted by Crippen LogP contribution is -2.10. The minimum absolute atomic E-state index is 0.131. The van der Waals surface area contributed by atoms with E-state index in [2.05, 4.69) is 57.8 Å². The number of rotatable bonds is 6. The van der Waals surface area contributed by atoms with E-state index in [0.29, 0.717) is 0 Å². The molecule has 22 heavy (non-hydrogen) atoms. The summed E-state index contributed by atoms with van der Waals surface area (Å²) in [4.78, 5) is 13.0. The topological polar surface area (TPSA) is 17.1 Å². The van der Waals surface area contributed by atoms with Crippen LogP contribution in [0.1, 0.15) is 38.2 Å². The van der Waals surface area contributed by atoms with Crippen molar-refractivity contribution >= 4 is 37.6 Å². The third-order valence-corrected chi connectivity index (χ3v) is 4.53. The predicted molar refractivity (Wildman–Crippen MR) is 101 cm³/mol. The zero-order valence-electron chi connectivity index (χ0n) is 13.0. The zero-order valence-corrected chi connectivity index (χ0v) is 16.1. The Morgan fingerprint density at radius 1 is 0.818 bits per heavy atom. The molecule has 1 nitrogen and oxygen atoms in total. The van der Waals surface area contributed by atoms with Crippen molar-refractivity contribution in [2.75, 3.05) is 10.7 Å². The van der Waals surface area contributed by atoms with Crippen molar-refractivity contribution in [3.05, 3.63) is 69.8 Å². The van der Waals surface area contributed by atoms with Crippen LogP contribution in [0.2, 0.25) is 0 Å². The number of hydrogen-bond donors (Lipinski definition) is 0.